The molecule has 1 fully saturated rings. The van der Waals surface area contributed by atoms with Crippen molar-refractivity contribution in [3.05, 3.63) is 12.2 Å². The number of aliphatic hydroxyl groups excluding tert-OH is 1. The Morgan fingerprint density at radius 3 is 1.47 bits per heavy atom. The Labute approximate surface area is 507 Å². The van der Waals surface area contributed by atoms with E-state index >= 15 is 9.59 Å². The van der Waals surface area contributed by atoms with Gasteiger partial charge in [0.15, 0.2) is 0 Å². The van der Waals surface area contributed by atoms with Gasteiger partial charge in [-0.2, -0.15) is 0 Å². The predicted octanol–water partition coefficient (Wildman–Crippen LogP) is 2.00. The van der Waals surface area contributed by atoms with Crippen LogP contribution in [0.15, 0.2) is 12.2 Å². The molecule has 1 aliphatic heterocycles. The minimum Gasteiger partial charge on any atom is -0.390 e. The summed E-state index contributed by atoms with van der Waals surface area (Å²) in [6.45, 7) is 26.1. The number of allylic oxidation sites excluding steroid dienone is 2. The van der Waals surface area contributed by atoms with E-state index < -0.39 is 162 Å². The lowest BCUT2D eigenvalue weighted by Gasteiger charge is -2.41. The first-order chi connectivity index (χ1) is 39.1. The van der Waals surface area contributed by atoms with E-state index in [9.17, 15) is 53.4 Å². The Morgan fingerprint density at radius 1 is 0.541 bits per heavy atom. The quantitative estimate of drug-likeness (QED) is 0.128. The van der Waals surface area contributed by atoms with Crippen molar-refractivity contribution in [2.24, 2.45) is 35.5 Å². The van der Waals surface area contributed by atoms with Crippen molar-refractivity contribution in [3.8, 4) is 0 Å². The molecule has 0 bridgehead atoms. The lowest BCUT2D eigenvalue weighted by molar-refractivity contribution is -0.157. The fourth-order valence-electron chi connectivity index (χ4n) is 10.4. The third kappa shape index (κ3) is 22.2. The van der Waals surface area contributed by atoms with E-state index in [-0.39, 0.29) is 49.9 Å². The summed E-state index contributed by atoms with van der Waals surface area (Å²) in [6, 6.07) is -11.6. The van der Waals surface area contributed by atoms with Crippen LogP contribution in [0, 0.1) is 35.5 Å². The summed E-state index contributed by atoms with van der Waals surface area (Å²) in [6.07, 6.45) is 2.42. The Morgan fingerprint density at radius 2 is 1.00 bits per heavy atom. The van der Waals surface area contributed by atoms with E-state index in [2.05, 4.69) is 21.3 Å². The van der Waals surface area contributed by atoms with Crippen LogP contribution < -0.4 is 21.3 Å². The number of aliphatic hydroxyl groups is 2. The number of rotatable bonds is 15. The maximum atomic E-state index is 15.1. The number of nitrogens with zero attached hydrogens (tertiary/aromatic N) is 7. The zero-order valence-electron chi connectivity index (χ0n) is 55.6. The zero-order valence-corrected chi connectivity index (χ0v) is 55.6. The molecule has 0 radical (unpaired) electrons. The number of amides is 11. The van der Waals surface area contributed by atoms with Crippen LogP contribution in [-0.4, -0.2) is 238 Å². The van der Waals surface area contributed by atoms with E-state index in [1.54, 1.807) is 60.6 Å². The Bertz CT molecular complexity index is 2340. The second-order valence-electron chi connectivity index (χ2n) is 26.0. The third-order valence-corrected chi connectivity index (χ3v) is 15.8. The van der Waals surface area contributed by atoms with Crippen LogP contribution in [0.3, 0.4) is 0 Å². The Balaban J connectivity index is 4.30. The largest absolute Gasteiger partial charge is 0.390 e. The summed E-state index contributed by atoms with van der Waals surface area (Å²) in [4.78, 5) is 167. The Kier molecular flexibility index (Phi) is 31.0. The molecule has 6 N–H and O–H groups in total. The van der Waals surface area contributed by atoms with Gasteiger partial charge in [-0.3, -0.25) is 52.7 Å². The fraction of sp³-hybridized carbons (Fsp3) is 0.787. The molecule has 0 aromatic rings. The van der Waals surface area contributed by atoms with E-state index in [1.807, 2.05) is 41.5 Å². The Hall–Kier alpha value is -6.17. The van der Waals surface area contributed by atoms with Crippen molar-refractivity contribution in [3.63, 3.8) is 0 Å². The summed E-state index contributed by atoms with van der Waals surface area (Å²) >= 11 is 0. The fourth-order valence-corrected chi connectivity index (χ4v) is 10.4. The number of carbonyl (C=O) groups is 11. The second-order valence-corrected chi connectivity index (χ2v) is 26.0. The van der Waals surface area contributed by atoms with Crippen molar-refractivity contribution in [2.75, 3.05) is 62.4 Å². The first-order valence-corrected chi connectivity index (χ1v) is 30.1. The van der Waals surface area contributed by atoms with Gasteiger partial charge in [0, 0.05) is 55.8 Å². The highest BCUT2D eigenvalue weighted by molar-refractivity contribution is 5.99. The van der Waals surface area contributed by atoms with Gasteiger partial charge in [-0.25, -0.2) is 0 Å². The molecule has 24 heteroatoms. The number of hydrogen-bond donors (Lipinski definition) is 6. The summed E-state index contributed by atoms with van der Waals surface area (Å²) in [5.74, 6) is -10.2. The molecule has 0 aromatic heterocycles. The molecule has 24 nitrogen and oxygen atoms in total. The van der Waals surface area contributed by atoms with Gasteiger partial charge in [-0.05, 0) is 95.3 Å². The molecule has 486 valence electrons. The zero-order chi connectivity index (χ0) is 66.0. The van der Waals surface area contributed by atoms with Gasteiger partial charge in [-0.1, -0.05) is 95.2 Å². The molecule has 1 aliphatic rings. The van der Waals surface area contributed by atoms with Crippen LogP contribution in [0.5, 0.6) is 0 Å². The van der Waals surface area contributed by atoms with E-state index in [1.165, 1.54) is 89.7 Å². The molecule has 1 heterocycles. The van der Waals surface area contributed by atoms with Crippen LogP contribution in [0.1, 0.15) is 149 Å². The topological polar surface area (TPSA) is 299 Å². The van der Waals surface area contributed by atoms with Crippen molar-refractivity contribution in [1.82, 2.24) is 55.6 Å². The summed E-state index contributed by atoms with van der Waals surface area (Å²) < 4.78 is 0. The van der Waals surface area contributed by atoms with Crippen molar-refractivity contribution >= 4 is 65.0 Å². The normalized spacial score (nSPS) is 26.2. The maximum Gasteiger partial charge on any atom is 0.246 e. The maximum absolute atomic E-state index is 15.1. The SMILES string of the molecule is C/C=C/C[C@@H](C)[C@@H](O)C1C(=O)NC(CC)C(=O)N(C)CC(=O)N(C)[C@@H](CC(C)(C)O)C(=O)N[C@H](C(C)C)C(=O)N(C)[C@H](CC(C)C)C(=O)N[C@H](C)C(=O)NCC(=O)N(C)C(CC(C)C)C(=O)N(C)C(CC(C)C)C(=O)N(C)C(C(C)C)C(=O)N1C. The first-order valence-electron chi connectivity index (χ1n) is 30.1. The van der Waals surface area contributed by atoms with Gasteiger partial charge in [-0.15, -0.1) is 0 Å². The molecule has 1 rings (SSSR count). The van der Waals surface area contributed by atoms with Gasteiger partial charge < -0.3 is 65.8 Å². The van der Waals surface area contributed by atoms with E-state index in [0.29, 0.717) is 6.42 Å². The highest BCUT2D eigenvalue weighted by Gasteiger charge is 2.45. The molecule has 0 spiro atoms. The van der Waals surface area contributed by atoms with Crippen LogP contribution in [-0.2, 0) is 52.7 Å². The molecule has 85 heavy (non-hydrogen) atoms. The molecular formula is C61H109N11O13. The molecule has 0 aliphatic carbocycles. The lowest BCUT2D eigenvalue weighted by atomic mass is 9.91. The molecule has 0 aromatic carbocycles. The van der Waals surface area contributed by atoms with Gasteiger partial charge >= 0.3 is 0 Å². The third-order valence-electron chi connectivity index (χ3n) is 15.8. The molecular weight excluding hydrogens is 1090 g/mol. The minimum atomic E-state index is -1.63. The summed E-state index contributed by atoms with van der Waals surface area (Å²) in [7, 11) is 9.65. The summed E-state index contributed by atoms with van der Waals surface area (Å²) in [5, 5.41) is 33.8. The standard InChI is InChI=1S/C61H109N11O13/c1-24-26-27-39(13)51(75)50-55(79)64-41(25-2)56(80)66(17)33-47(74)68(19)45(31-61(15,16)85)54(78)65-48(37(9)10)59(83)69(20)42(28-34(3)4)53(77)63-40(14)52(76)62-32-46(73)67(18)43(29-35(5)6)57(81)70(21)44(30-36(7)8)58(82)71(22)49(38(11)12)60(84)72(50)23/h24,26,34-45,48-51,75,85H,25,27-33H2,1-23H3,(H,62,76)(H,63,77)(H,64,79)(H,65,78)/b26-24+/t39-,40-,41?,42-,43?,44?,45+,48-,49?,50?,51-/m1/s1. The number of nitrogens with one attached hydrogen (secondary N) is 4. The van der Waals surface area contributed by atoms with Crippen LogP contribution in [0.2, 0.25) is 0 Å². The monoisotopic (exact) mass is 1200 g/mol. The van der Waals surface area contributed by atoms with Gasteiger partial charge in [0.1, 0.15) is 54.4 Å². The lowest BCUT2D eigenvalue weighted by Crippen LogP contribution is -2.63. The first kappa shape index (κ1) is 76.8. The average molecular weight is 1200 g/mol. The highest BCUT2D eigenvalue weighted by atomic mass is 16.3. The number of carbonyl (C=O) groups excluding carboxylic acids is 11. The molecule has 1 saturated heterocycles. The second kappa shape index (κ2) is 34.2. The van der Waals surface area contributed by atoms with E-state index in [0.717, 1.165) is 14.7 Å². The molecule has 11 atom stereocenters. The van der Waals surface area contributed by atoms with Gasteiger partial charge in [0.2, 0.25) is 65.0 Å². The van der Waals surface area contributed by atoms with Gasteiger partial charge in [0.05, 0.1) is 24.8 Å². The molecule has 11 amide bonds. The van der Waals surface area contributed by atoms with Crippen molar-refractivity contribution in [1.29, 1.82) is 0 Å². The van der Waals surface area contributed by atoms with Gasteiger partial charge in [0.25, 0.3) is 0 Å². The number of hydrogen-bond acceptors (Lipinski definition) is 13. The average Bonchev–Trinajstić information content (AvgIpc) is 2.98. The molecule has 5 unspecified atom stereocenters. The van der Waals surface area contributed by atoms with Crippen LogP contribution >= 0.6 is 0 Å². The number of likely N-dealkylation sites (N-methyl/N-ethyl adjacent to an activating group) is 7. The smallest absolute Gasteiger partial charge is 0.246 e. The molecule has 0 saturated carbocycles. The van der Waals surface area contributed by atoms with Crippen LogP contribution in [0.25, 0.3) is 0 Å². The highest BCUT2D eigenvalue weighted by Crippen LogP contribution is 2.26. The minimum absolute atomic E-state index is 0.0125. The van der Waals surface area contributed by atoms with Crippen molar-refractivity contribution < 1.29 is 63.0 Å². The summed E-state index contributed by atoms with van der Waals surface area (Å²) in [5.41, 5.74) is -1.55. The van der Waals surface area contributed by atoms with Crippen LogP contribution in [0.4, 0.5) is 0 Å². The van der Waals surface area contributed by atoms with Crippen molar-refractivity contribution in [2.45, 2.75) is 215 Å². The van der Waals surface area contributed by atoms with E-state index in [4.69, 9.17) is 0 Å². The predicted molar refractivity (Wildman–Crippen MR) is 325 cm³/mol.